The quantitative estimate of drug-likeness (QED) is 0.399. The van der Waals surface area contributed by atoms with E-state index in [-0.39, 0.29) is 16.6 Å². The van der Waals surface area contributed by atoms with Crippen LogP contribution >= 0.6 is 0 Å². The molecule has 0 spiro atoms. The van der Waals surface area contributed by atoms with Crippen LogP contribution < -0.4 is 5.32 Å². The summed E-state index contributed by atoms with van der Waals surface area (Å²) in [5, 5.41) is 3.31. The molecule has 0 aliphatic heterocycles. The molecule has 0 radical (unpaired) electrons. The van der Waals surface area contributed by atoms with Crippen LogP contribution in [0.4, 0.5) is 5.69 Å². The third-order valence-corrected chi connectivity index (χ3v) is 8.20. The Labute approximate surface area is 222 Å². The highest BCUT2D eigenvalue weighted by Crippen LogP contribution is 2.47. The Hall–Kier alpha value is -3.46. The number of Topliss-reactive ketones (excluding diaryl/α,β-unsaturated/α-hetero) is 2. The van der Waals surface area contributed by atoms with Crippen LogP contribution in [0.5, 0.6) is 0 Å². The Kier molecular flexibility index (Phi) is 8.12. The van der Waals surface area contributed by atoms with Crippen molar-refractivity contribution in [2.45, 2.75) is 58.8 Å². The van der Waals surface area contributed by atoms with E-state index in [9.17, 15) is 9.59 Å². The van der Waals surface area contributed by atoms with Gasteiger partial charge in [0.2, 0.25) is 0 Å². The largest absolute Gasteiger partial charge is 0.381 e. The van der Waals surface area contributed by atoms with E-state index in [0.717, 1.165) is 61.8 Å². The van der Waals surface area contributed by atoms with Gasteiger partial charge in [-0.1, -0.05) is 74.5 Å². The minimum atomic E-state index is -0.260. The van der Waals surface area contributed by atoms with Gasteiger partial charge >= 0.3 is 0 Å². The zero-order chi connectivity index (χ0) is 26.5. The molecular formula is C34H39NO2. The monoisotopic (exact) mass is 493 g/mol. The first-order chi connectivity index (χ1) is 17.8. The van der Waals surface area contributed by atoms with Gasteiger partial charge in [-0.3, -0.25) is 9.59 Å². The van der Waals surface area contributed by atoms with Gasteiger partial charge in [0.05, 0.1) is 0 Å². The molecule has 0 bridgehead atoms. The first-order valence-corrected chi connectivity index (χ1v) is 13.4. The number of ketones is 2. The molecular weight excluding hydrogens is 454 g/mol. The number of nitrogens with one attached hydrogen (secondary N) is 1. The smallest absolute Gasteiger partial charge is 0.166 e. The second-order valence-corrected chi connectivity index (χ2v) is 11.0. The second-order valence-electron chi connectivity index (χ2n) is 11.0. The zero-order valence-corrected chi connectivity index (χ0v) is 22.3. The lowest BCUT2D eigenvalue weighted by atomic mass is 9.70. The molecule has 2 atom stereocenters. The van der Waals surface area contributed by atoms with E-state index in [1.807, 2.05) is 49.4 Å². The first kappa shape index (κ1) is 26.6. The van der Waals surface area contributed by atoms with Gasteiger partial charge in [-0.2, -0.15) is 0 Å². The molecule has 192 valence electrons. The Morgan fingerprint density at radius 2 is 1.49 bits per heavy atom. The number of fused-ring (bicyclic) bond motifs is 2. The van der Waals surface area contributed by atoms with Crippen molar-refractivity contribution < 1.29 is 9.59 Å². The highest BCUT2D eigenvalue weighted by molar-refractivity contribution is 6.09. The number of carbonyl (C=O) groups excluding carboxylic acids is 2. The maximum Gasteiger partial charge on any atom is 0.166 e. The molecule has 3 aliphatic carbocycles. The molecule has 3 nitrogen and oxygen atoms in total. The number of hydrogen-bond acceptors (Lipinski definition) is 3. The molecule has 2 aromatic rings. The average Bonchev–Trinajstić information content (AvgIpc) is 3.28. The molecule has 3 aliphatic rings. The summed E-state index contributed by atoms with van der Waals surface area (Å²) in [7, 11) is 0. The fourth-order valence-corrected chi connectivity index (χ4v) is 5.90. The number of hydrogen-bond donors (Lipinski definition) is 1. The van der Waals surface area contributed by atoms with Crippen molar-refractivity contribution in [3.63, 3.8) is 0 Å². The standard InChI is InChI=1S/C17H21NO.C17H18O/c1-3-11-17(2)12-7-8-14(16(17)19)13-18-15-9-5-4-6-10-15;1-3-9-17(2)10-8-14-13-7-5-4-6-12(13)11-15(14)16(17)18/h3-6,8-10,18H,1,7,11-13H2,2H3;3-7H,1,8-11H2,2H3/t2*17-/m11/s1. The number of allylic oxidation sites excluding steroid dienone is 5. The van der Waals surface area contributed by atoms with E-state index in [2.05, 4.69) is 55.7 Å². The van der Waals surface area contributed by atoms with Crippen LogP contribution in [-0.4, -0.2) is 18.1 Å². The lowest BCUT2D eigenvalue weighted by molar-refractivity contribution is -0.125. The molecule has 0 saturated heterocycles. The summed E-state index contributed by atoms with van der Waals surface area (Å²) in [6.45, 7) is 12.3. The molecule has 5 rings (SSSR count). The van der Waals surface area contributed by atoms with Crippen LogP contribution in [0.25, 0.3) is 5.57 Å². The number of anilines is 1. The van der Waals surface area contributed by atoms with Gasteiger partial charge in [-0.25, -0.2) is 0 Å². The van der Waals surface area contributed by atoms with Gasteiger partial charge in [-0.15, -0.1) is 13.2 Å². The number of rotatable bonds is 7. The van der Waals surface area contributed by atoms with Gasteiger partial charge < -0.3 is 5.32 Å². The second kappa shape index (κ2) is 11.3. The summed E-state index contributed by atoms with van der Waals surface area (Å²) >= 11 is 0. The summed E-state index contributed by atoms with van der Waals surface area (Å²) in [6, 6.07) is 18.4. The SMILES string of the molecule is C=CC[C@]1(C)CCC2=C(Cc3ccccc32)C1=O.C=CC[C@]1(C)CCC=C(CNc2ccccc2)C1=O. The molecule has 2 aromatic carbocycles. The molecule has 0 amide bonds. The third kappa shape index (κ3) is 5.61. The molecule has 0 heterocycles. The lowest BCUT2D eigenvalue weighted by Crippen LogP contribution is -2.33. The van der Waals surface area contributed by atoms with Crippen LogP contribution in [0.2, 0.25) is 0 Å². The van der Waals surface area contributed by atoms with Gasteiger partial charge in [0.15, 0.2) is 11.6 Å². The minimum Gasteiger partial charge on any atom is -0.381 e. The van der Waals surface area contributed by atoms with Crippen molar-refractivity contribution in [2.24, 2.45) is 10.8 Å². The van der Waals surface area contributed by atoms with Crippen molar-refractivity contribution in [3.05, 3.63) is 108 Å². The van der Waals surface area contributed by atoms with Crippen LogP contribution in [-0.2, 0) is 16.0 Å². The fourth-order valence-electron chi connectivity index (χ4n) is 5.90. The van der Waals surface area contributed by atoms with Gasteiger partial charge in [-0.05, 0) is 67.4 Å². The van der Waals surface area contributed by atoms with Crippen molar-refractivity contribution in [1.82, 2.24) is 0 Å². The Morgan fingerprint density at radius 1 is 0.838 bits per heavy atom. The van der Waals surface area contributed by atoms with Gasteiger partial charge in [0.1, 0.15) is 0 Å². The first-order valence-electron chi connectivity index (χ1n) is 13.4. The average molecular weight is 494 g/mol. The van der Waals surface area contributed by atoms with Crippen molar-refractivity contribution in [1.29, 1.82) is 0 Å². The fraction of sp³-hybridized carbons (Fsp3) is 0.353. The molecule has 37 heavy (non-hydrogen) atoms. The summed E-state index contributed by atoms with van der Waals surface area (Å²) in [4.78, 5) is 25.2. The van der Waals surface area contributed by atoms with Crippen LogP contribution in [0.15, 0.2) is 97.1 Å². The highest BCUT2D eigenvalue weighted by atomic mass is 16.1. The molecule has 0 unspecified atom stereocenters. The maximum atomic E-state index is 12.7. The van der Waals surface area contributed by atoms with E-state index in [1.54, 1.807) is 0 Å². The molecule has 1 N–H and O–H groups in total. The topological polar surface area (TPSA) is 46.2 Å². The highest BCUT2D eigenvalue weighted by Gasteiger charge is 2.41. The summed E-state index contributed by atoms with van der Waals surface area (Å²) in [5.74, 6) is 0.613. The Morgan fingerprint density at radius 3 is 2.19 bits per heavy atom. The van der Waals surface area contributed by atoms with Gasteiger partial charge in [0.25, 0.3) is 0 Å². The van der Waals surface area contributed by atoms with Crippen LogP contribution in [0, 0.1) is 10.8 Å². The number of carbonyl (C=O) groups is 2. The zero-order valence-electron chi connectivity index (χ0n) is 22.3. The van der Waals surface area contributed by atoms with E-state index in [4.69, 9.17) is 0 Å². The maximum absolute atomic E-state index is 12.7. The van der Waals surface area contributed by atoms with E-state index in [0.29, 0.717) is 12.3 Å². The number of benzene rings is 2. The summed E-state index contributed by atoms with van der Waals surface area (Å²) in [6.07, 6.45) is 12.1. The van der Waals surface area contributed by atoms with E-state index >= 15 is 0 Å². The lowest BCUT2D eigenvalue weighted by Gasteiger charge is -2.32. The number of para-hydroxylation sites is 1. The van der Waals surface area contributed by atoms with Crippen molar-refractivity contribution in [2.75, 3.05) is 11.9 Å². The summed E-state index contributed by atoms with van der Waals surface area (Å²) < 4.78 is 0. The van der Waals surface area contributed by atoms with Crippen LogP contribution in [0.1, 0.15) is 63.5 Å². The minimum absolute atomic E-state index is 0.220. The Bertz CT molecular complexity index is 1250. The molecule has 3 heteroatoms. The van der Waals surface area contributed by atoms with Crippen molar-refractivity contribution >= 4 is 22.8 Å². The molecule has 0 fully saturated rings. The van der Waals surface area contributed by atoms with Gasteiger partial charge in [0, 0.05) is 40.6 Å². The predicted octanol–water partition coefficient (Wildman–Crippen LogP) is 7.91. The molecule has 0 saturated carbocycles. The Balaban J connectivity index is 0.000000173. The van der Waals surface area contributed by atoms with Crippen molar-refractivity contribution in [3.8, 4) is 0 Å². The normalized spacial score (nSPS) is 24.3. The van der Waals surface area contributed by atoms with Crippen LogP contribution in [0.3, 0.4) is 0 Å². The molecule has 0 aromatic heterocycles. The predicted molar refractivity (Wildman–Crippen MR) is 154 cm³/mol. The van der Waals surface area contributed by atoms with E-state index in [1.165, 1.54) is 16.7 Å². The van der Waals surface area contributed by atoms with E-state index < -0.39 is 0 Å². The third-order valence-electron chi connectivity index (χ3n) is 8.20. The summed E-state index contributed by atoms with van der Waals surface area (Å²) in [5.41, 5.74) is 6.46.